The molecule has 2 aromatic rings. The Morgan fingerprint density at radius 3 is 2.60 bits per heavy atom. The molecule has 0 aliphatic carbocycles. The Kier molecular flexibility index (Phi) is 4.74. The zero-order valence-corrected chi connectivity index (χ0v) is 14.7. The van der Waals surface area contributed by atoms with E-state index in [1.807, 2.05) is 55.1 Å². The van der Waals surface area contributed by atoms with Crippen LogP contribution in [0.25, 0.3) is 0 Å². The molecule has 1 aliphatic heterocycles. The molecule has 1 N–H and O–H groups in total. The first-order chi connectivity index (χ1) is 12.1. The van der Waals surface area contributed by atoms with Gasteiger partial charge in [-0.15, -0.1) is 0 Å². The molecule has 2 aromatic carbocycles. The van der Waals surface area contributed by atoms with Gasteiger partial charge in [0.2, 0.25) is 0 Å². The fourth-order valence-corrected chi connectivity index (χ4v) is 3.18. The first-order valence-corrected chi connectivity index (χ1v) is 8.44. The molecule has 25 heavy (non-hydrogen) atoms. The molecule has 0 radical (unpaired) electrons. The average molecular weight is 338 g/mol. The van der Waals surface area contributed by atoms with Gasteiger partial charge in [-0.05, 0) is 31.5 Å². The molecule has 5 nitrogen and oxygen atoms in total. The van der Waals surface area contributed by atoms with E-state index < -0.39 is 12.1 Å². The highest BCUT2D eigenvalue weighted by Gasteiger charge is 2.36. The number of ether oxygens (including phenoxy) is 1. The summed E-state index contributed by atoms with van der Waals surface area (Å²) < 4.78 is 4.92. The highest BCUT2D eigenvalue weighted by Crippen LogP contribution is 2.36. The van der Waals surface area contributed by atoms with Gasteiger partial charge in [0.25, 0.3) is 5.91 Å². The Morgan fingerprint density at radius 1 is 1.20 bits per heavy atom. The van der Waals surface area contributed by atoms with Crippen molar-refractivity contribution in [1.29, 1.82) is 0 Å². The van der Waals surface area contributed by atoms with Crippen molar-refractivity contribution in [2.45, 2.75) is 32.5 Å². The Bertz CT molecular complexity index is 803. The van der Waals surface area contributed by atoms with Crippen LogP contribution in [0.1, 0.15) is 52.7 Å². The molecule has 5 heteroatoms. The molecule has 0 saturated carbocycles. The van der Waals surface area contributed by atoms with E-state index in [2.05, 4.69) is 5.32 Å². The number of hydrogen-bond acceptors (Lipinski definition) is 4. The number of amides is 1. The zero-order valence-electron chi connectivity index (χ0n) is 14.7. The van der Waals surface area contributed by atoms with E-state index in [1.54, 1.807) is 12.1 Å². The molecule has 0 unspecified atom stereocenters. The number of anilines is 1. The molecular weight excluding hydrogens is 316 g/mol. The third-order valence-electron chi connectivity index (χ3n) is 4.69. The Balaban J connectivity index is 2.14. The average Bonchev–Trinajstić information content (AvgIpc) is 2.66. The summed E-state index contributed by atoms with van der Waals surface area (Å²) in [6.45, 7) is 4.06. The lowest BCUT2D eigenvalue weighted by Crippen LogP contribution is -2.47. The van der Waals surface area contributed by atoms with Crippen molar-refractivity contribution in [1.82, 2.24) is 4.90 Å². The lowest BCUT2D eigenvalue weighted by atomic mass is 9.97. The predicted molar refractivity (Wildman–Crippen MR) is 96.5 cm³/mol. The van der Waals surface area contributed by atoms with Crippen molar-refractivity contribution in [2.75, 3.05) is 12.4 Å². The van der Waals surface area contributed by atoms with Crippen LogP contribution >= 0.6 is 0 Å². The molecule has 1 aliphatic rings. The van der Waals surface area contributed by atoms with E-state index in [0.717, 1.165) is 17.7 Å². The van der Waals surface area contributed by atoms with Crippen LogP contribution in [0.3, 0.4) is 0 Å². The highest BCUT2D eigenvalue weighted by atomic mass is 16.5. The lowest BCUT2D eigenvalue weighted by Gasteiger charge is -2.42. The number of esters is 1. The summed E-state index contributed by atoms with van der Waals surface area (Å²) in [5, 5.41) is 3.43. The van der Waals surface area contributed by atoms with Crippen molar-refractivity contribution in [3.05, 3.63) is 65.2 Å². The molecule has 2 atom stereocenters. The summed E-state index contributed by atoms with van der Waals surface area (Å²) in [6.07, 6.45) is 0.389. The van der Waals surface area contributed by atoms with Crippen molar-refractivity contribution < 1.29 is 14.3 Å². The van der Waals surface area contributed by atoms with E-state index in [-0.39, 0.29) is 11.9 Å². The molecule has 0 saturated heterocycles. The number of carbonyl (C=O) groups is 2. The number of fused-ring (bicyclic) bond motifs is 1. The number of para-hydroxylation sites is 1. The molecule has 0 bridgehead atoms. The minimum atomic E-state index is -0.423. The number of nitrogens with one attached hydrogen (secondary N) is 1. The minimum Gasteiger partial charge on any atom is -0.465 e. The van der Waals surface area contributed by atoms with Gasteiger partial charge >= 0.3 is 5.97 Å². The number of nitrogens with zero attached hydrogens (tertiary/aromatic N) is 1. The van der Waals surface area contributed by atoms with Crippen molar-refractivity contribution >= 4 is 17.6 Å². The third kappa shape index (κ3) is 2.97. The highest BCUT2D eigenvalue weighted by molar-refractivity contribution is 6.02. The van der Waals surface area contributed by atoms with Gasteiger partial charge in [0, 0.05) is 17.3 Å². The summed E-state index contributed by atoms with van der Waals surface area (Å²) in [7, 11) is 1.36. The monoisotopic (exact) mass is 338 g/mol. The fourth-order valence-electron chi connectivity index (χ4n) is 3.18. The number of rotatable bonds is 4. The molecule has 0 spiro atoms. The second-order valence-electron chi connectivity index (χ2n) is 6.14. The van der Waals surface area contributed by atoms with Gasteiger partial charge in [-0.1, -0.05) is 37.3 Å². The smallest absolute Gasteiger partial charge is 0.338 e. The largest absolute Gasteiger partial charge is 0.465 e. The standard InChI is InChI=1S/C20H22N2O3/c1-4-13(2)22-18(14-9-5-6-10-15(14)20(24)25-3)21-17-12-8-7-11-16(17)19(22)23/h5-13,18,21H,4H2,1-3H3/t13-,18+/m1/s1. The first-order valence-electron chi connectivity index (χ1n) is 8.44. The topological polar surface area (TPSA) is 58.6 Å². The van der Waals surface area contributed by atoms with E-state index in [4.69, 9.17) is 4.74 Å². The molecule has 3 rings (SSSR count). The van der Waals surface area contributed by atoms with Crippen LogP contribution in [0.2, 0.25) is 0 Å². The SMILES string of the molecule is CC[C@@H](C)N1C(=O)c2ccccc2N[C@@H]1c1ccccc1C(=O)OC. The van der Waals surface area contributed by atoms with Gasteiger partial charge in [0.05, 0.1) is 18.2 Å². The Labute approximate surface area is 147 Å². The van der Waals surface area contributed by atoms with Crippen molar-refractivity contribution in [3.63, 3.8) is 0 Å². The molecule has 0 fully saturated rings. The Hall–Kier alpha value is -2.82. The van der Waals surface area contributed by atoms with Gasteiger partial charge in [0.1, 0.15) is 6.17 Å². The van der Waals surface area contributed by atoms with Gasteiger partial charge in [0.15, 0.2) is 0 Å². The van der Waals surface area contributed by atoms with Gasteiger partial charge < -0.3 is 15.0 Å². The van der Waals surface area contributed by atoms with E-state index in [1.165, 1.54) is 7.11 Å². The van der Waals surface area contributed by atoms with Crippen LogP contribution in [-0.4, -0.2) is 29.9 Å². The predicted octanol–water partition coefficient (Wildman–Crippen LogP) is 3.84. The van der Waals surface area contributed by atoms with Crippen LogP contribution in [0, 0.1) is 0 Å². The summed E-state index contributed by atoms with van der Waals surface area (Å²) in [5.74, 6) is -0.443. The van der Waals surface area contributed by atoms with Crippen LogP contribution in [0.4, 0.5) is 5.69 Å². The van der Waals surface area contributed by atoms with Crippen molar-refractivity contribution in [3.8, 4) is 0 Å². The fraction of sp³-hybridized carbons (Fsp3) is 0.300. The third-order valence-corrected chi connectivity index (χ3v) is 4.69. The molecule has 130 valence electrons. The number of methoxy groups -OCH3 is 1. The lowest BCUT2D eigenvalue weighted by molar-refractivity contribution is 0.0557. The van der Waals surface area contributed by atoms with Gasteiger partial charge in [-0.3, -0.25) is 4.79 Å². The Morgan fingerprint density at radius 2 is 1.88 bits per heavy atom. The van der Waals surface area contributed by atoms with Gasteiger partial charge in [-0.25, -0.2) is 4.79 Å². The number of carbonyl (C=O) groups excluding carboxylic acids is 2. The maximum atomic E-state index is 13.1. The van der Waals surface area contributed by atoms with Crippen LogP contribution in [0.15, 0.2) is 48.5 Å². The van der Waals surface area contributed by atoms with Crippen molar-refractivity contribution in [2.24, 2.45) is 0 Å². The second-order valence-corrected chi connectivity index (χ2v) is 6.14. The summed E-state index contributed by atoms with van der Waals surface area (Å²) in [5.41, 5.74) is 2.62. The maximum absolute atomic E-state index is 13.1. The van der Waals surface area contributed by atoms with Crippen LogP contribution in [-0.2, 0) is 4.74 Å². The first kappa shape index (κ1) is 17.0. The molecule has 0 aromatic heterocycles. The van der Waals surface area contributed by atoms with E-state index in [9.17, 15) is 9.59 Å². The quantitative estimate of drug-likeness (QED) is 0.861. The second kappa shape index (κ2) is 6.97. The zero-order chi connectivity index (χ0) is 18.0. The minimum absolute atomic E-state index is 0.0176. The van der Waals surface area contributed by atoms with Crippen LogP contribution < -0.4 is 5.32 Å². The van der Waals surface area contributed by atoms with E-state index >= 15 is 0 Å². The normalized spacial score (nSPS) is 17.5. The maximum Gasteiger partial charge on any atom is 0.338 e. The van der Waals surface area contributed by atoms with Crippen LogP contribution in [0.5, 0.6) is 0 Å². The molecule has 1 heterocycles. The number of benzene rings is 2. The molecule has 1 amide bonds. The molecular formula is C20H22N2O3. The summed E-state index contributed by atoms with van der Waals surface area (Å²) in [4.78, 5) is 27.1. The summed E-state index contributed by atoms with van der Waals surface area (Å²) in [6, 6.07) is 14.7. The number of hydrogen-bond donors (Lipinski definition) is 1. The van der Waals surface area contributed by atoms with Gasteiger partial charge in [-0.2, -0.15) is 0 Å². The van der Waals surface area contributed by atoms with E-state index in [0.29, 0.717) is 11.1 Å². The summed E-state index contributed by atoms with van der Waals surface area (Å²) >= 11 is 0.